The molecule has 2 amide bonds. The van der Waals surface area contributed by atoms with Crippen LogP contribution in [-0.4, -0.2) is 30.7 Å². The van der Waals surface area contributed by atoms with Crippen molar-refractivity contribution in [2.45, 2.75) is 50.7 Å². The van der Waals surface area contributed by atoms with Crippen LogP contribution in [0.25, 0.3) is 0 Å². The average molecular weight is 401 g/mol. The van der Waals surface area contributed by atoms with E-state index in [9.17, 15) is 9.59 Å². The Morgan fingerprint density at radius 2 is 1.57 bits per heavy atom. The summed E-state index contributed by atoms with van der Waals surface area (Å²) in [7, 11) is 0. The molecule has 5 heteroatoms. The Hall–Kier alpha value is -1.49. The van der Waals surface area contributed by atoms with Crippen molar-refractivity contribution in [3.8, 4) is 0 Å². The number of hydrogen-bond donors (Lipinski definition) is 2. The van der Waals surface area contributed by atoms with E-state index in [1.165, 1.54) is 24.8 Å². The molecule has 0 heterocycles. The molecule has 0 aliphatic heterocycles. The molecule has 152 valence electrons. The van der Waals surface area contributed by atoms with E-state index in [2.05, 4.69) is 34.9 Å². The fraction of sp³-hybridized carbons (Fsp3) is 0.652. The number of carbonyl (C=O) groups is 2. The zero-order valence-corrected chi connectivity index (χ0v) is 17.4. The second kappa shape index (κ2) is 8.89. The third-order valence-electron chi connectivity index (χ3n) is 6.84. The van der Waals surface area contributed by atoms with Gasteiger partial charge in [0.15, 0.2) is 0 Å². The van der Waals surface area contributed by atoms with Gasteiger partial charge in [0.25, 0.3) is 0 Å². The minimum Gasteiger partial charge on any atom is -0.355 e. The third-order valence-corrected chi connectivity index (χ3v) is 7.87. The van der Waals surface area contributed by atoms with E-state index in [1.807, 2.05) is 17.8 Å². The van der Waals surface area contributed by atoms with Gasteiger partial charge in [-0.25, -0.2) is 0 Å². The molecule has 5 rings (SSSR count). The Balaban J connectivity index is 1.10. The van der Waals surface area contributed by atoms with E-state index in [4.69, 9.17) is 0 Å². The summed E-state index contributed by atoms with van der Waals surface area (Å²) in [6.45, 7) is 1.14. The molecule has 4 aliphatic rings. The lowest BCUT2D eigenvalue weighted by Crippen LogP contribution is -2.53. The summed E-state index contributed by atoms with van der Waals surface area (Å²) < 4.78 is 0. The Labute approximate surface area is 172 Å². The second-order valence-corrected chi connectivity index (χ2v) is 10.2. The fourth-order valence-corrected chi connectivity index (χ4v) is 6.80. The van der Waals surface area contributed by atoms with Crippen LogP contribution in [0.15, 0.2) is 30.3 Å². The van der Waals surface area contributed by atoms with Gasteiger partial charge >= 0.3 is 0 Å². The molecular weight excluding hydrogens is 368 g/mol. The molecule has 4 saturated carbocycles. The maximum atomic E-state index is 12.9. The number of amides is 2. The smallest absolute Gasteiger partial charge is 0.226 e. The maximum Gasteiger partial charge on any atom is 0.226 e. The molecular formula is C23H32N2O2S. The third kappa shape index (κ3) is 4.73. The summed E-state index contributed by atoms with van der Waals surface area (Å²) in [6, 6.07) is 10.4. The Morgan fingerprint density at radius 3 is 2.21 bits per heavy atom. The first-order chi connectivity index (χ1) is 13.6. The molecule has 0 radical (unpaired) electrons. The summed E-state index contributed by atoms with van der Waals surface area (Å²) in [6.07, 6.45) is 7.65. The predicted molar refractivity (Wildman–Crippen MR) is 114 cm³/mol. The van der Waals surface area contributed by atoms with Gasteiger partial charge < -0.3 is 10.6 Å². The first-order valence-corrected chi connectivity index (χ1v) is 12.0. The lowest BCUT2D eigenvalue weighted by molar-refractivity contribution is -0.146. The van der Waals surface area contributed by atoms with Gasteiger partial charge in [-0.3, -0.25) is 9.59 Å². The normalized spacial score (nSPS) is 30.2. The monoisotopic (exact) mass is 400 g/mol. The van der Waals surface area contributed by atoms with E-state index in [0.717, 1.165) is 48.5 Å². The number of benzene rings is 1. The van der Waals surface area contributed by atoms with Gasteiger partial charge in [0.05, 0.1) is 0 Å². The highest BCUT2D eigenvalue weighted by Gasteiger charge is 2.54. The molecule has 0 spiro atoms. The Kier molecular flexibility index (Phi) is 6.29. The summed E-state index contributed by atoms with van der Waals surface area (Å²) in [5.74, 6) is 4.44. The average Bonchev–Trinajstić information content (AvgIpc) is 2.67. The number of rotatable bonds is 9. The molecule has 4 fully saturated rings. The van der Waals surface area contributed by atoms with E-state index in [1.54, 1.807) is 0 Å². The lowest BCUT2D eigenvalue weighted by Gasteiger charge is -2.55. The van der Waals surface area contributed by atoms with Crippen molar-refractivity contribution in [1.29, 1.82) is 0 Å². The molecule has 0 aromatic heterocycles. The van der Waals surface area contributed by atoms with Crippen LogP contribution in [-0.2, 0) is 15.3 Å². The van der Waals surface area contributed by atoms with Crippen LogP contribution in [0.5, 0.6) is 0 Å². The molecule has 0 unspecified atom stereocenters. The molecule has 2 N–H and O–H groups in total. The van der Waals surface area contributed by atoms with Crippen molar-refractivity contribution in [1.82, 2.24) is 10.6 Å². The Morgan fingerprint density at radius 1 is 0.929 bits per heavy atom. The van der Waals surface area contributed by atoms with Gasteiger partial charge in [0.1, 0.15) is 0 Å². The van der Waals surface area contributed by atoms with Crippen molar-refractivity contribution in [3.05, 3.63) is 35.9 Å². The van der Waals surface area contributed by atoms with Gasteiger partial charge in [-0.2, -0.15) is 11.8 Å². The summed E-state index contributed by atoms with van der Waals surface area (Å²) >= 11 is 1.82. The molecule has 1 aromatic carbocycles. The van der Waals surface area contributed by atoms with E-state index in [0.29, 0.717) is 19.5 Å². The van der Waals surface area contributed by atoms with Crippen LogP contribution >= 0.6 is 11.8 Å². The summed E-state index contributed by atoms with van der Waals surface area (Å²) in [5, 5.41) is 6.06. The van der Waals surface area contributed by atoms with Crippen LogP contribution in [0, 0.1) is 23.2 Å². The quantitative estimate of drug-likeness (QED) is 0.621. The van der Waals surface area contributed by atoms with Crippen LogP contribution < -0.4 is 10.6 Å². The Bertz CT molecular complexity index is 656. The van der Waals surface area contributed by atoms with Gasteiger partial charge in [-0.05, 0) is 61.8 Å². The minimum atomic E-state index is -0.112. The largest absolute Gasteiger partial charge is 0.355 e. The zero-order chi connectivity index (χ0) is 19.4. The van der Waals surface area contributed by atoms with Crippen LogP contribution in [0.4, 0.5) is 0 Å². The second-order valence-electron chi connectivity index (χ2n) is 9.09. The highest BCUT2D eigenvalue weighted by molar-refractivity contribution is 7.98. The number of nitrogens with one attached hydrogen (secondary N) is 2. The van der Waals surface area contributed by atoms with E-state index < -0.39 is 0 Å². The summed E-state index contributed by atoms with van der Waals surface area (Å²) in [4.78, 5) is 24.9. The lowest BCUT2D eigenvalue weighted by atomic mass is 9.49. The van der Waals surface area contributed by atoms with Crippen LogP contribution in [0.1, 0.15) is 50.5 Å². The molecule has 4 nitrogen and oxygen atoms in total. The molecule has 28 heavy (non-hydrogen) atoms. The van der Waals surface area contributed by atoms with Gasteiger partial charge in [0.2, 0.25) is 11.8 Å². The first-order valence-electron chi connectivity index (χ1n) is 10.8. The molecule has 1 aromatic rings. The minimum absolute atomic E-state index is 0.0334. The molecule has 0 atom stereocenters. The predicted octanol–water partition coefficient (Wildman–Crippen LogP) is 3.76. The molecule has 4 aliphatic carbocycles. The maximum absolute atomic E-state index is 12.9. The van der Waals surface area contributed by atoms with Crippen molar-refractivity contribution in [3.63, 3.8) is 0 Å². The van der Waals surface area contributed by atoms with Crippen LogP contribution in [0.3, 0.4) is 0 Å². The highest BCUT2D eigenvalue weighted by Crippen LogP contribution is 2.60. The molecule has 0 saturated heterocycles. The fourth-order valence-electron chi connectivity index (χ4n) is 5.98. The zero-order valence-electron chi connectivity index (χ0n) is 16.6. The summed E-state index contributed by atoms with van der Waals surface area (Å²) in [5.41, 5.74) is 1.20. The number of thioether (sulfide) groups is 1. The van der Waals surface area contributed by atoms with Gasteiger partial charge in [0, 0.05) is 36.4 Å². The van der Waals surface area contributed by atoms with Crippen molar-refractivity contribution in [2.24, 2.45) is 23.2 Å². The number of hydrogen-bond acceptors (Lipinski definition) is 3. The van der Waals surface area contributed by atoms with Gasteiger partial charge in [-0.15, -0.1) is 0 Å². The first kappa shape index (κ1) is 19.8. The SMILES string of the molecule is O=C(CCNC(=O)C12CC3CC(CC(C3)C1)C2)NCCSCc1ccccc1. The van der Waals surface area contributed by atoms with E-state index >= 15 is 0 Å². The highest BCUT2D eigenvalue weighted by atomic mass is 32.2. The van der Waals surface area contributed by atoms with Crippen molar-refractivity contribution < 1.29 is 9.59 Å². The van der Waals surface area contributed by atoms with Crippen LogP contribution in [0.2, 0.25) is 0 Å². The van der Waals surface area contributed by atoms with E-state index in [-0.39, 0.29) is 17.2 Å². The van der Waals surface area contributed by atoms with Crippen molar-refractivity contribution >= 4 is 23.6 Å². The van der Waals surface area contributed by atoms with Crippen molar-refractivity contribution in [2.75, 3.05) is 18.8 Å². The topological polar surface area (TPSA) is 58.2 Å². The molecule has 4 bridgehead atoms. The number of carbonyl (C=O) groups excluding carboxylic acids is 2. The standard InChI is InChI=1S/C23H32N2O2S/c26-21(24-8-9-28-16-17-4-2-1-3-5-17)6-7-25-22(27)23-13-18-10-19(14-23)12-20(11-18)15-23/h1-5,18-20H,6-16H2,(H,24,26)(H,25,27). The van der Waals surface area contributed by atoms with Gasteiger partial charge in [-0.1, -0.05) is 30.3 Å².